The van der Waals surface area contributed by atoms with Crippen molar-refractivity contribution in [3.8, 4) is 5.75 Å². The number of carbonyl (C=O) groups excluding carboxylic acids is 2. The van der Waals surface area contributed by atoms with Crippen LogP contribution in [0.3, 0.4) is 0 Å². The Morgan fingerprint density at radius 2 is 1.86 bits per heavy atom. The number of carbonyl (C=O) groups is 2. The number of rotatable bonds is 9. The molecule has 2 amide bonds. The van der Waals surface area contributed by atoms with E-state index in [2.05, 4.69) is 42.0 Å². The van der Waals surface area contributed by atoms with E-state index in [0.717, 1.165) is 41.3 Å². The van der Waals surface area contributed by atoms with Crippen LogP contribution in [-0.2, 0) is 21.5 Å². The van der Waals surface area contributed by atoms with Gasteiger partial charge in [-0.1, -0.05) is 76.4 Å². The molecule has 1 unspecified atom stereocenters. The van der Waals surface area contributed by atoms with E-state index in [9.17, 15) is 9.59 Å². The van der Waals surface area contributed by atoms with E-state index in [1.54, 1.807) is 11.0 Å². The maximum Gasteiger partial charge on any atom is 0.261 e. The number of hydrogen-bond donors (Lipinski definition) is 1. The van der Waals surface area contributed by atoms with Gasteiger partial charge in [0, 0.05) is 17.6 Å². The van der Waals surface area contributed by atoms with Gasteiger partial charge >= 0.3 is 0 Å². The van der Waals surface area contributed by atoms with Gasteiger partial charge in [-0.15, -0.1) is 0 Å². The second-order valence-electron chi connectivity index (χ2n) is 10.2. The molecule has 0 aromatic heterocycles. The Kier molecular flexibility index (Phi) is 9.65. The number of amides is 2. The first-order valence-electron chi connectivity index (χ1n) is 12.4. The Morgan fingerprint density at radius 1 is 1.17 bits per heavy atom. The Hall–Kier alpha value is -2.05. The van der Waals surface area contributed by atoms with Crippen molar-refractivity contribution in [2.24, 2.45) is 0 Å². The first kappa shape index (κ1) is 27.5. The fraction of sp³-hybridized carbons (Fsp3) is 0.500. The van der Waals surface area contributed by atoms with E-state index in [4.69, 9.17) is 16.3 Å². The summed E-state index contributed by atoms with van der Waals surface area (Å²) in [5.74, 6) is 0.216. The Balaban J connectivity index is 1.78. The number of hydrogen-bond acceptors (Lipinski definition) is 3. The van der Waals surface area contributed by atoms with Crippen LogP contribution in [0.15, 0.2) is 46.9 Å². The molecule has 1 atom stereocenters. The molecule has 0 heterocycles. The fourth-order valence-corrected chi connectivity index (χ4v) is 5.09. The van der Waals surface area contributed by atoms with Gasteiger partial charge < -0.3 is 15.0 Å². The van der Waals surface area contributed by atoms with Crippen molar-refractivity contribution in [2.75, 3.05) is 6.61 Å². The molecule has 3 rings (SSSR count). The molecule has 2 aromatic rings. The lowest BCUT2D eigenvalue weighted by molar-refractivity contribution is -0.143. The fourth-order valence-electron chi connectivity index (χ4n) is 4.40. The standard InChI is InChI=1S/C28H36BrClN2O3/c1-5-24(27(34)31-21-11-7-8-12-21)32(17-19-10-6-9-13-23(19)30)26(33)18-35-25-15-14-20(16-22(25)29)28(2,3)4/h6,9-10,13-16,21,24H,5,7-8,11-12,17-18H2,1-4H3,(H,31,34). The largest absolute Gasteiger partial charge is 0.483 e. The Bertz CT molecular complexity index is 1030. The molecule has 1 saturated carbocycles. The molecule has 0 radical (unpaired) electrons. The van der Waals surface area contributed by atoms with E-state index < -0.39 is 6.04 Å². The summed E-state index contributed by atoms with van der Waals surface area (Å²) in [6, 6.07) is 12.9. The van der Waals surface area contributed by atoms with Crippen LogP contribution < -0.4 is 10.1 Å². The summed E-state index contributed by atoms with van der Waals surface area (Å²) in [6.07, 6.45) is 4.73. The van der Waals surface area contributed by atoms with Crippen LogP contribution in [0, 0.1) is 0 Å². The molecule has 0 bridgehead atoms. The molecule has 1 N–H and O–H groups in total. The number of nitrogens with one attached hydrogen (secondary N) is 1. The molecule has 2 aromatic carbocycles. The summed E-state index contributed by atoms with van der Waals surface area (Å²) in [6.45, 7) is 8.43. The Labute approximate surface area is 222 Å². The van der Waals surface area contributed by atoms with Crippen molar-refractivity contribution >= 4 is 39.3 Å². The molecule has 35 heavy (non-hydrogen) atoms. The van der Waals surface area contributed by atoms with Crippen LogP contribution in [0.4, 0.5) is 0 Å². The molecule has 7 heteroatoms. The van der Waals surface area contributed by atoms with Crippen molar-refractivity contribution in [3.63, 3.8) is 0 Å². The zero-order valence-corrected chi connectivity index (χ0v) is 23.4. The SMILES string of the molecule is CCC(C(=O)NC1CCCC1)N(Cc1ccccc1Cl)C(=O)COc1ccc(C(C)(C)C)cc1Br. The highest BCUT2D eigenvalue weighted by Crippen LogP contribution is 2.31. The molecule has 190 valence electrons. The highest BCUT2D eigenvalue weighted by atomic mass is 79.9. The summed E-state index contributed by atoms with van der Waals surface area (Å²) in [7, 11) is 0. The summed E-state index contributed by atoms with van der Waals surface area (Å²) >= 11 is 9.98. The van der Waals surface area contributed by atoms with E-state index in [1.165, 1.54) is 0 Å². The first-order valence-corrected chi connectivity index (χ1v) is 13.5. The van der Waals surface area contributed by atoms with Gasteiger partial charge in [0.2, 0.25) is 5.91 Å². The number of benzene rings is 2. The van der Waals surface area contributed by atoms with Gasteiger partial charge in [-0.25, -0.2) is 0 Å². The van der Waals surface area contributed by atoms with Crippen LogP contribution >= 0.6 is 27.5 Å². The quantitative estimate of drug-likeness (QED) is 0.372. The van der Waals surface area contributed by atoms with Crippen LogP contribution in [0.2, 0.25) is 5.02 Å². The molecular formula is C28H36BrClN2O3. The molecule has 0 saturated heterocycles. The molecule has 0 aliphatic heterocycles. The second-order valence-corrected chi connectivity index (χ2v) is 11.5. The van der Waals surface area contributed by atoms with E-state index in [-0.39, 0.29) is 36.4 Å². The summed E-state index contributed by atoms with van der Waals surface area (Å²) in [4.78, 5) is 28.3. The summed E-state index contributed by atoms with van der Waals surface area (Å²) in [5.41, 5.74) is 1.97. The molecule has 5 nitrogen and oxygen atoms in total. The lowest BCUT2D eigenvalue weighted by Crippen LogP contribution is -2.52. The van der Waals surface area contributed by atoms with Crippen molar-refractivity contribution in [2.45, 2.75) is 83.8 Å². The normalized spacial score (nSPS) is 15.0. The molecule has 1 aliphatic carbocycles. The smallest absolute Gasteiger partial charge is 0.261 e. The summed E-state index contributed by atoms with van der Waals surface area (Å²) in [5, 5.41) is 3.72. The van der Waals surface area contributed by atoms with Crippen LogP contribution in [-0.4, -0.2) is 35.4 Å². The highest BCUT2D eigenvalue weighted by molar-refractivity contribution is 9.10. The second kappa shape index (κ2) is 12.3. The monoisotopic (exact) mass is 562 g/mol. The maximum absolute atomic E-state index is 13.5. The van der Waals surface area contributed by atoms with E-state index in [0.29, 0.717) is 17.2 Å². The minimum atomic E-state index is -0.602. The van der Waals surface area contributed by atoms with Crippen molar-refractivity contribution < 1.29 is 14.3 Å². The van der Waals surface area contributed by atoms with Gasteiger partial charge in [0.15, 0.2) is 6.61 Å². The van der Waals surface area contributed by atoms with E-state index >= 15 is 0 Å². The Morgan fingerprint density at radius 3 is 2.46 bits per heavy atom. The molecular weight excluding hydrogens is 528 g/mol. The first-order chi connectivity index (χ1) is 16.6. The molecule has 1 aliphatic rings. The van der Waals surface area contributed by atoms with Crippen LogP contribution in [0.25, 0.3) is 0 Å². The number of ether oxygens (including phenoxy) is 1. The predicted octanol–water partition coefficient (Wildman–Crippen LogP) is 6.65. The average Bonchev–Trinajstić information content (AvgIpc) is 3.31. The van der Waals surface area contributed by atoms with E-state index in [1.807, 2.05) is 43.3 Å². The van der Waals surface area contributed by atoms with Gasteiger partial charge in [-0.2, -0.15) is 0 Å². The number of halogens is 2. The third-order valence-corrected chi connectivity index (χ3v) is 7.52. The third kappa shape index (κ3) is 7.47. The lowest BCUT2D eigenvalue weighted by atomic mass is 9.87. The average molecular weight is 564 g/mol. The minimum absolute atomic E-state index is 0.00362. The lowest BCUT2D eigenvalue weighted by Gasteiger charge is -2.31. The number of nitrogens with zero attached hydrogens (tertiary/aromatic N) is 1. The third-order valence-electron chi connectivity index (χ3n) is 6.54. The van der Waals surface area contributed by atoms with Crippen LogP contribution in [0.1, 0.15) is 70.9 Å². The molecule has 0 spiro atoms. The van der Waals surface area contributed by atoms with Gasteiger partial charge in [-0.05, 0) is 69.9 Å². The minimum Gasteiger partial charge on any atom is -0.483 e. The highest BCUT2D eigenvalue weighted by Gasteiger charge is 2.31. The molecule has 1 fully saturated rings. The van der Waals surface area contributed by atoms with Crippen LogP contribution in [0.5, 0.6) is 5.75 Å². The zero-order valence-electron chi connectivity index (χ0n) is 21.1. The maximum atomic E-state index is 13.5. The van der Waals surface area contributed by atoms with Gasteiger partial charge in [-0.3, -0.25) is 9.59 Å². The zero-order chi connectivity index (χ0) is 25.6. The van der Waals surface area contributed by atoms with Crippen molar-refractivity contribution in [1.82, 2.24) is 10.2 Å². The summed E-state index contributed by atoms with van der Waals surface area (Å²) < 4.78 is 6.71. The van der Waals surface area contributed by atoms with Crippen molar-refractivity contribution in [1.29, 1.82) is 0 Å². The van der Waals surface area contributed by atoms with Gasteiger partial charge in [0.05, 0.1) is 4.47 Å². The van der Waals surface area contributed by atoms with Gasteiger partial charge in [0.25, 0.3) is 5.91 Å². The topological polar surface area (TPSA) is 58.6 Å². The predicted molar refractivity (Wildman–Crippen MR) is 145 cm³/mol. The van der Waals surface area contributed by atoms with Gasteiger partial charge in [0.1, 0.15) is 11.8 Å². The van der Waals surface area contributed by atoms with Crippen molar-refractivity contribution in [3.05, 3.63) is 63.1 Å².